The summed E-state index contributed by atoms with van der Waals surface area (Å²) in [5.74, 6) is 0. The van der Waals surface area contributed by atoms with Crippen molar-refractivity contribution in [1.29, 1.82) is 0 Å². The van der Waals surface area contributed by atoms with Gasteiger partial charge in [-0.2, -0.15) is 5.10 Å². The van der Waals surface area contributed by atoms with E-state index in [1.54, 1.807) is 11.3 Å². The Morgan fingerprint density at radius 1 is 1.00 bits per heavy atom. The highest BCUT2D eigenvalue weighted by Gasteiger charge is 2.13. The van der Waals surface area contributed by atoms with Gasteiger partial charge in [-0.25, -0.2) is 9.67 Å². The molecular formula is C20H18N4S. The molecule has 0 fully saturated rings. The number of hydrogen-bond donors (Lipinski definition) is 1. The van der Waals surface area contributed by atoms with Crippen molar-refractivity contribution in [3.63, 3.8) is 0 Å². The molecule has 0 radical (unpaired) electrons. The van der Waals surface area contributed by atoms with Gasteiger partial charge in [-0.1, -0.05) is 30.3 Å². The Balaban J connectivity index is 1.61. The van der Waals surface area contributed by atoms with Crippen LogP contribution in [0.1, 0.15) is 11.3 Å². The number of rotatable bonds is 4. The monoisotopic (exact) mass is 346 g/mol. The number of nitrogens with one attached hydrogen (secondary N) is 1. The maximum absolute atomic E-state index is 4.73. The average molecular weight is 346 g/mol. The van der Waals surface area contributed by atoms with Crippen LogP contribution in [0.15, 0.2) is 66.2 Å². The molecule has 0 aliphatic rings. The molecule has 0 aliphatic heterocycles. The van der Waals surface area contributed by atoms with E-state index in [4.69, 9.17) is 4.98 Å². The van der Waals surface area contributed by atoms with Crippen LogP contribution in [-0.4, -0.2) is 14.8 Å². The molecule has 4 aromatic rings. The van der Waals surface area contributed by atoms with Crippen LogP contribution < -0.4 is 5.32 Å². The van der Waals surface area contributed by atoms with Crippen LogP contribution in [0, 0.1) is 13.8 Å². The van der Waals surface area contributed by atoms with Gasteiger partial charge in [0.25, 0.3) is 0 Å². The van der Waals surface area contributed by atoms with E-state index in [-0.39, 0.29) is 0 Å². The minimum absolute atomic E-state index is 0.882. The summed E-state index contributed by atoms with van der Waals surface area (Å²) in [7, 11) is 0. The Hall–Kier alpha value is -2.92. The maximum Gasteiger partial charge on any atom is 0.187 e. The number of nitrogens with zero attached hydrogens (tertiary/aromatic N) is 3. The molecule has 1 N–H and O–H groups in total. The lowest BCUT2D eigenvalue weighted by Gasteiger charge is -2.04. The largest absolute Gasteiger partial charge is 0.332 e. The molecule has 0 unspecified atom stereocenters. The minimum atomic E-state index is 0.882. The summed E-state index contributed by atoms with van der Waals surface area (Å²) in [6.07, 6.45) is 1.88. The molecule has 2 heterocycles. The quantitative estimate of drug-likeness (QED) is 0.541. The highest BCUT2D eigenvalue weighted by molar-refractivity contribution is 7.14. The zero-order valence-corrected chi connectivity index (χ0v) is 14.9. The zero-order chi connectivity index (χ0) is 17.2. The highest BCUT2D eigenvalue weighted by Crippen LogP contribution is 2.30. The van der Waals surface area contributed by atoms with Gasteiger partial charge < -0.3 is 5.32 Å². The molecule has 0 aliphatic carbocycles. The van der Waals surface area contributed by atoms with E-state index in [0.717, 1.165) is 33.5 Å². The smallest absolute Gasteiger partial charge is 0.187 e. The number of hydrogen-bond acceptors (Lipinski definition) is 4. The Labute approximate surface area is 150 Å². The van der Waals surface area contributed by atoms with Gasteiger partial charge in [0.2, 0.25) is 0 Å². The molecule has 4 rings (SSSR count). The van der Waals surface area contributed by atoms with E-state index in [1.165, 1.54) is 5.56 Å². The van der Waals surface area contributed by atoms with E-state index < -0.39 is 0 Å². The second-order valence-corrected chi connectivity index (χ2v) is 6.78. The van der Waals surface area contributed by atoms with E-state index in [9.17, 15) is 0 Å². The molecule has 4 nitrogen and oxygen atoms in total. The molecule has 0 saturated heterocycles. The Kier molecular flexibility index (Phi) is 4.07. The van der Waals surface area contributed by atoms with Crippen LogP contribution in [0.25, 0.3) is 16.9 Å². The first-order chi connectivity index (χ1) is 12.2. The summed E-state index contributed by atoms with van der Waals surface area (Å²) in [4.78, 5) is 4.73. The van der Waals surface area contributed by atoms with E-state index in [1.807, 2.05) is 41.2 Å². The second kappa shape index (κ2) is 6.53. The van der Waals surface area contributed by atoms with E-state index in [2.05, 4.69) is 53.9 Å². The van der Waals surface area contributed by atoms with Crippen molar-refractivity contribution in [3.05, 3.63) is 77.4 Å². The van der Waals surface area contributed by atoms with Crippen molar-refractivity contribution in [2.24, 2.45) is 0 Å². The molecule has 0 amide bonds. The molecule has 2 aromatic carbocycles. The Morgan fingerprint density at radius 2 is 1.84 bits per heavy atom. The number of thiazole rings is 1. The number of anilines is 2. The topological polar surface area (TPSA) is 42.7 Å². The third-order valence-corrected chi connectivity index (χ3v) is 4.82. The van der Waals surface area contributed by atoms with Gasteiger partial charge in [-0.15, -0.1) is 11.3 Å². The fraction of sp³-hybridized carbons (Fsp3) is 0.100. The Bertz CT molecular complexity index is 1000. The first-order valence-corrected chi connectivity index (χ1v) is 8.98. The molecule has 0 spiro atoms. The lowest BCUT2D eigenvalue weighted by molar-refractivity contribution is 0.847. The Morgan fingerprint density at radius 3 is 2.64 bits per heavy atom. The maximum atomic E-state index is 4.73. The molecule has 124 valence electrons. The van der Waals surface area contributed by atoms with Gasteiger partial charge >= 0.3 is 0 Å². The van der Waals surface area contributed by atoms with Crippen LogP contribution in [0.4, 0.5) is 10.8 Å². The SMILES string of the molecule is Cc1cccc(Nc2nc(-c3cnn(-c4ccccc4)c3C)cs2)c1. The first-order valence-electron chi connectivity index (χ1n) is 8.10. The summed E-state index contributed by atoms with van der Waals surface area (Å²) >= 11 is 1.60. The van der Waals surface area contributed by atoms with Crippen molar-refractivity contribution in [1.82, 2.24) is 14.8 Å². The summed E-state index contributed by atoms with van der Waals surface area (Å²) in [5.41, 5.74) is 6.41. The number of para-hydroxylation sites is 1. The van der Waals surface area contributed by atoms with Crippen LogP contribution in [-0.2, 0) is 0 Å². The fourth-order valence-corrected chi connectivity index (χ4v) is 3.52. The molecule has 2 aromatic heterocycles. The molecule has 0 bridgehead atoms. The van der Waals surface area contributed by atoms with Crippen molar-refractivity contribution in [2.45, 2.75) is 13.8 Å². The summed E-state index contributed by atoms with van der Waals surface area (Å²) in [5, 5.41) is 10.8. The van der Waals surface area contributed by atoms with E-state index in [0.29, 0.717) is 0 Å². The predicted molar refractivity (Wildman–Crippen MR) is 104 cm³/mol. The van der Waals surface area contributed by atoms with Gasteiger partial charge in [-0.05, 0) is 43.7 Å². The van der Waals surface area contributed by atoms with Gasteiger partial charge in [0.05, 0.1) is 23.3 Å². The molecule has 0 atom stereocenters. The standard InChI is InChI=1S/C20H18N4S/c1-14-7-6-8-16(11-14)22-20-23-19(13-25-20)18-12-21-24(15(18)2)17-9-4-3-5-10-17/h3-13H,1-2H3,(H,22,23). The van der Waals surface area contributed by atoms with Crippen LogP contribution in [0.5, 0.6) is 0 Å². The van der Waals surface area contributed by atoms with Gasteiger partial charge in [0.15, 0.2) is 5.13 Å². The summed E-state index contributed by atoms with van der Waals surface area (Å²) in [6, 6.07) is 18.4. The van der Waals surface area contributed by atoms with Crippen LogP contribution in [0.3, 0.4) is 0 Å². The zero-order valence-electron chi connectivity index (χ0n) is 14.1. The normalized spacial score (nSPS) is 10.8. The van der Waals surface area contributed by atoms with Gasteiger partial charge in [0, 0.05) is 16.6 Å². The highest BCUT2D eigenvalue weighted by atomic mass is 32.1. The van der Waals surface area contributed by atoms with Crippen LogP contribution in [0.2, 0.25) is 0 Å². The molecular weight excluding hydrogens is 328 g/mol. The van der Waals surface area contributed by atoms with Crippen LogP contribution >= 0.6 is 11.3 Å². The lowest BCUT2D eigenvalue weighted by atomic mass is 10.2. The van der Waals surface area contributed by atoms with E-state index >= 15 is 0 Å². The third kappa shape index (κ3) is 3.19. The van der Waals surface area contributed by atoms with Crippen molar-refractivity contribution >= 4 is 22.2 Å². The third-order valence-electron chi connectivity index (χ3n) is 4.06. The van der Waals surface area contributed by atoms with Crippen molar-refractivity contribution < 1.29 is 0 Å². The number of aryl methyl sites for hydroxylation is 1. The fourth-order valence-electron chi connectivity index (χ4n) is 2.79. The second-order valence-electron chi connectivity index (χ2n) is 5.92. The molecule has 5 heteroatoms. The molecule has 25 heavy (non-hydrogen) atoms. The predicted octanol–water partition coefficient (Wildman–Crippen LogP) is 5.36. The summed E-state index contributed by atoms with van der Waals surface area (Å²) < 4.78 is 1.95. The van der Waals surface area contributed by atoms with Crippen molar-refractivity contribution in [3.8, 4) is 16.9 Å². The van der Waals surface area contributed by atoms with Gasteiger partial charge in [-0.3, -0.25) is 0 Å². The van der Waals surface area contributed by atoms with Crippen molar-refractivity contribution in [2.75, 3.05) is 5.32 Å². The number of benzene rings is 2. The summed E-state index contributed by atoms with van der Waals surface area (Å²) in [6.45, 7) is 4.15. The molecule has 0 saturated carbocycles. The van der Waals surface area contributed by atoms with Gasteiger partial charge in [0.1, 0.15) is 0 Å². The lowest BCUT2D eigenvalue weighted by Crippen LogP contribution is -1.98. The average Bonchev–Trinajstić information content (AvgIpc) is 3.22. The number of aromatic nitrogens is 3. The first kappa shape index (κ1) is 15.6. The minimum Gasteiger partial charge on any atom is -0.332 e.